The van der Waals surface area contributed by atoms with Crippen molar-refractivity contribution in [2.24, 2.45) is 0 Å². The molecule has 0 spiro atoms. The number of benzene rings is 2. The zero-order valence-electron chi connectivity index (χ0n) is 17.6. The number of rotatable bonds is 6. The number of H-pyrrole nitrogens is 1. The van der Waals surface area contributed by atoms with Crippen LogP contribution in [-0.2, 0) is 17.8 Å². The number of aromatic amines is 1. The zero-order valence-corrected chi connectivity index (χ0v) is 17.6. The molecule has 160 valence electrons. The molecule has 1 aliphatic heterocycles. The van der Waals surface area contributed by atoms with E-state index < -0.39 is 0 Å². The van der Waals surface area contributed by atoms with Crippen LogP contribution >= 0.6 is 0 Å². The molecule has 3 heterocycles. The minimum absolute atomic E-state index is 0.0238. The van der Waals surface area contributed by atoms with Crippen LogP contribution in [0, 0.1) is 0 Å². The van der Waals surface area contributed by atoms with Gasteiger partial charge >= 0.3 is 0 Å². The van der Waals surface area contributed by atoms with Crippen molar-refractivity contribution >= 4 is 27.6 Å². The highest BCUT2D eigenvalue weighted by Crippen LogP contribution is 2.21. The first-order valence-corrected chi connectivity index (χ1v) is 10.6. The van der Waals surface area contributed by atoms with Crippen LogP contribution in [0.25, 0.3) is 21.9 Å². The molecule has 1 fully saturated rings. The number of fused-ring (bicyclic) bond motifs is 2. The summed E-state index contributed by atoms with van der Waals surface area (Å²) in [4.78, 5) is 30.0. The van der Waals surface area contributed by atoms with Crippen LogP contribution in [0.15, 0.2) is 53.6 Å². The molecule has 8 heteroatoms. The third-order valence-corrected chi connectivity index (χ3v) is 5.89. The summed E-state index contributed by atoms with van der Waals surface area (Å²) in [6.45, 7) is 5.59. The second kappa shape index (κ2) is 8.49. The van der Waals surface area contributed by atoms with Crippen LogP contribution in [0.5, 0.6) is 0 Å². The molecular formula is C23H26N6O2. The number of nitrogens with one attached hydrogen (secondary N) is 1. The van der Waals surface area contributed by atoms with Crippen molar-refractivity contribution in [1.82, 2.24) is 24.4 Å². The fraction of sp³-hybridized carbons (Fsp3) is 0.348. The molecular weight excluding hydrogens is 392 g/mol. The lowest BCUT2D eigenvalue weighted by molar-refractivity contribution is 0.186. The van der Waals surface area contributed by atoms with Gasteiger partial charge in [0.25, 0.3) is 5.56 Å². The number of ether oxygens (including phenoxy) is 1. The number of methoxy groups -OCH3 is 1. The number of hydrogen-bond donors (Lipinski definition) is 1. The number of imidazole rings is 1. The largest absolute Gasteiger partial charge is 0.383 e. The lowest BCUT2D eigenvalue weighted by atomic mass is 10.2. The third-order valence-electron chi connectivity index (χ3n) is 5.89. The number of para-hydroxylation sites is 2. The predicted octanol–water partition coefficient (Wildman–Crippen LogP) is 2.24. The molecule has 0 unspecified atom stereocenters. The minimum Gasteiger partial charge on any atom is -0.383 e. The molecule has 2 aromatic carbocycles. The van der Waals surface area contributed by atoms with E-state index in [1.165, 1.54) is 0 Å². The van der Waals surface area contributed by atoms with Gasteiger partial charge in [-0.1, -0.05) is 12.1 Å². The van der Waals surface area contributed by atoms with E-state index >= 15 is 0 Å². The molecule has 1 saturated heterocycles. The van der Waals surface area contributed by atoms with Gasteiger partial charge in [0.15, 0.2) is 0 Å². The molecule has 1 N–H and O–H groups in total. The van der Waals surface area contributed by atoms with E-state index in [0.717, 1.165) is 60.8 Å². The van der Waals surface area contributed by atoms with Crippen molar-refractivity contribution in [3.63, 3.8) is 0 Å². The van der Waals surface area contributed by atoms with Crippen LogP contribution in [0.4, 0.5) is 5.69 Å². The number of piperazine rings is 1. The van der Waals surface area contributed by atoms with Gasteiger partial charge in [0.2, 0.25) is 0 Å². The maximum Gasteiger partial charge on any atom is 0.261 e. The SMILES string of the molecule is COCCn1cnc2cc(N3CCN(Cc4nc5ccccc5[nH]4)CC3)ccc2c1=O. The van der Waals surface area contributed by atoms with Gasteiger partial charge in [-0.15, -0.1) is 0 Å². The van der Waals surface area contributed by atoms with Gasteiger partial charge in [0, 0.05) is 39.0 Å². The second-order valence-corrected chi connectivity index (χ2v) is 7.90. The summed E-state index contributed by atoms with van der Waals surface area (Å²) in [5, 5.41) is 0.644. The average Bonchev–Trinajstić information content (AvgIpc) is 3.21. The van der Waals surface area contributed by atoms with Gasteiger partial charge in [-0.3, -0.25) is 14.3 Å². The second-order valence-electron chi connectivity index (χ2n) is 7.90. The molecule has 0 amide bonds. The standard InChI is InChI=1S/C23H26N6O2/c1-31-13-12-29-16-24-21-14-17(6-7-18(21)23(29)30)28-10-8-27(9-11-28)15-22-25-19-4-2-3-5-20(19)26-22/h2-7,14,16H,8-13,15H2,1H3,(H,25,26). The summed E-state index contributed by atoms with van der Waals surface area (Å²) < 4.78 is 6.67. The molecule has 5 rings (SSSR count). The van der Waals surface area contributed by atoms with E-state index in [2.05, 4.69) is 25.8 Å². The number of hydrogen-bond acceptors (Lipinski definition) is 6. The van der Waals surface area contributed by atoms with Gasteiger partial charge < -0.3 is 14.6 Å². The van der Waals surface area contributed by atoms with E-state index in [1.54, 1.807) is 18.0 Å². The number of aromatic nitrogens is 4. The summed E-state index contributed by atoms with van der Waals surface area (Å²) in [5.74, 6) is 1.01. The fourth-order valence-corrected chi connectivity index (χ4v) is 4.15. The molecule has 0 atom stereocenters. The molecule has 8 nitrogen and oxygen atoms in total. The topological polar surface area (TPSA) is 79.3 Å². The van der Waals surface area contributed by atoms with Crippen molar-refractivity contribution in [2.45, 2.75) is 13.1 Å². The highest BCUT2D eigenvalue weighted by atomic mass is 16.5. The Bertz CT molecular complexity index is 1220. The first kappa shape index (κ1) is 19.7. The first-order chi connectivity index (χ1) is 15.2. The Hall–Kier alpha value is -3.23. The maximum absolute atomic E-state index is 12.6. The molecule has 31 heavy (non-hydrogen) atoms. The minimum atomic E-state index is -0.0238. The molecule has 2 aromatic heterocycles. The summed E-state index contributed by atoms with van der Waals surface area (Å²) >= 11 is 0. The smallest absolute Gasteiger partial charge is 0.261 e. The van der Waals surface area contributed by atoms with Gasteiger partial charge in [0.1, 0.15) is 5.82 Å². The van der Waals surface area contributed by atoms with Crippen molar-refractivity contribution in [3.8, 4) is 0 Å². The maximum atomic E-state index is 12.6. The van der Waals surface area contributed by atoms with Gasteiger partial charge in [-0.05, 0) is 30.3 Å². The molecule has 0 aliphatic carbocycles. The lowest BCUT2D eigenvalue weighted by Gasteiger charge is -2.35. The fourth-order valence-electron chi connectivity index (χ4n) is 4.15. The quantitative estimate of drug-likeness (QED) is 0.517. The molecule has 0 saturated carbocycles. The van der Waals surface area contributed by atoms with Crippen LogP contribution < -0.4 is 10.5 Å². The Morgan fingerprint density at radius 3 is 2.71 bits per heavy atom. The average molecular weight is 419 g/mol. The molecule has 4 aromatic rings. The van der Waals surface area contributed by atoms with E-state index in [4.69, 9.17) is 9.72 Å². The van der Waals surface area contributed by atoms with Crippen molar-refractivity contribution < 1.29 is 4.74 Å². The lowest BCUT2D eigenvalue weighted by Crippen LogP contribution is -2.46. The first-order valence-electron chi connectivity index (χ1n) is 10.6. The van der Waals surface area contributed by atoms with Gasteiger partial charge in [-0.25, -0.2) is 9.97 Å². The predicted molar refractivity (Wildman–Crippen MR) is 121 cm³/mol. The van der Waals surface area contributed by atoms with E-state index in [9.17, 15) is 4.79 Å². The number of anilines is 1. The Labute approximate surface area is 180 Å². The van der Waals surface area contributed by atoms with Crippen LogP contribution in [0.3, 0.4) is 0 Å². The van der Waals surface area contributed by atoms with Crippen molar-refractivity contribution in [2.75, 3.05) is 44.8 Å². The highest BCUT2D eigenvalue weighted by molar-refractivity contribution is 5.81. The van der Waals surface area contributed by atoms with Crippen molar-refractivity contribution in [1.29, 1.82) is 0 Å². The van der Waals surface area contributed by atoms with Crippen molar-refractivity contribution in [3.05, 3.63) is 65.0 Å². The van der Waals surface area contributed by atoms with E-state index in [1.807, 2.05) is 36.4 Å². The third kappa shape index (κ3) is 4.04. The Balaban J connectivity index is 1.26. The molecule has 1 aliphatic rings. The van der Waals surface area contributed by atoms with Crippen LogP contribution in [0.1, 0.15) is 5.82 Å². The molecule has 0 radical (unpaired) electrons. The van der Waals surface area contributed by atoms with Crippen LogP contribution in [0.2, 0.25) is 0 Å². The van der Waals surface area contributed by atoms with E-state index in [-0.39, 0.29) is 5.56 Å². The monoisotopic (exact) mass is 418 g/mol. The Morgan fingerprint density at radius 2 is 1.90 bits per heavy atom. The summed E-state index contributed by atoms with van der Waals surface area (Å²) in [6, 6.07) is 14.1. The summed E-state index contributed by atoms with van der Waals surface area (Å²) in [5.41, 5.74) is 3.92. The highest BCUT2D eigenvalue weighted by Gasteiger charge is 2.19. The van der Waals surface area contributed by atoms with Gasteiger partial charge in [0.05, 0.1) is 48.0 Å². The summed E-state index contributed by atoms with van der Waals surface area (Å²) in [7, 11) is 1.63. The Kier molecular flexibility index (Phi) is 5.40. The summed E-state index contributed by atoms with van der Waals surface area (Å²) in [6.07, 6.45) is 1.61. The zero-order chi connectivity index (χ0) is 21.2. The normalized spacial score (nSPS) is 15.2. The van der Waals surface area contributed by atoms with Gasteiger partial charge in [-0.2, -0.15) is 0 Å². The molecule has 0 bridgehead atoms. The van der Waals surface area contributed by atoms with E-state index in [0.29, 0.717) is 18.5 Å². The number of nitrogens with zero attached hydrogens (tertiary/aromatic N) is 5. The van der Waals surface area contributed by atoms with Crippen LogP contribution in [-0.4, -0.2) is 64.3 Å². The Morgan fingerprint density at radius 1 is 1.06 bits per heavy atom.